The lowest BCUT2D eigenvalue weighted by Crippen LogP contribution is -2.20. The van der Waals surface area contributed by atoms with Gasteiger partial charge in [-0.05, 0) is 64.7 Å². The van der Waals surface area contributed by atoms with Gasteiger partial charge in [-0.25, -0.2) is 4.39 Å². The van der Waals surface area contributed by atoms with E-state index in [4.69, 9.17) is 4.74 Å². The van der Waals surface area contributed by atoms with E-state index in [1.165, 1.54) is 12.1 Å². The summed E-state index contributed by atoms with van der Waals surface area (Å²) in [6.07, 6.45) is 1.71. The lowest BCUT2D eigenvalue weighted by atomic mass is 10.1. The SMILES string of the molecule is Cc1cccc(C)c1-n1ccc(OCc2ccc(F)cc2)c(Br)c1=O. The van der Waals surface area contributed by atoms with Crippen molar-refractivity contribution in [3.63, 3.8) is 0 Å². The molecule has 0 fully saturated rings. The van der Waals surface area contributed by atoms with Crippen molar-refractivity contribution in [3.05, 3.63) is 92.1 Å². The number of aromatic nitrogens is 1. The van der Waals surface area contributed by atoms with Crippen molar-refractivity contribution in [1.29, 1.82) is 0 Å². The number of ether oxygens (including phenoxy) is 1. The van der Waals surface area contributed by atoms with Crippen LogP contribution >= 0.6 is 15.9 Å². The zero-order valence-corrected chi connectivity index (χ0v) is 15.5. The second-order valence-corrected chi connectivity index (χ2v) is 6.62. The van der Waals surface area contributed by atoms with Crippen LogP contribution < -0.4 is 10.3 Å². The van der Waals surface area contributed by atoms with E-state index in [1.807, 2.05) is 32.0 Å². The number of rotatable bonds is 4. The Hall–Kier alpha value is -2.40. The van der Waals surface area contributed by atoms with E-state index in [0.717, 1.165) is 22.4 Å². The maximum absolute atomic E-state index is 12.9. The van der Waals surface area contributed by atoms with Gasteiger partial charge in [-0.15, -0.1) is 0 Å². The van der Waals surface area contributed by atoms with Crippen LogP contribution in [0.1, 0.15) is 16.7 Å². The minimum atomic E-state index is -0.291. The molecule has 0 amide bonds. The molecule has 1 aromatic heterocycles. The molecule has 0 N–H and O–H groups in total. The summed E-state index contributed by atoms with van der Waals surface area (Å²) in [5.74, 6) is 0.165. The molecule has 0 aliphatic rings. The maximum Gasteiger partial charge on any atom is 0.273 e. The van der Waals surface area contributed by atoms with Crippen molar-refractivity contribution < 1.29 is 9.13 Å². The van der Waals surface area contributed by atoms with Crippen molar-refractivity contribution in [3.8, 4) is 11.4 Å². The average molecular weight is 402 g/mol. The van der Waals surface area contributed by atoms with Crippen LogP contribution in [0.3, 0.4) is 0 Å². The molecule has 0 saturated heterocycles. The quantitative estimate of drug-likeness (QED) is 0.620. The standard InChI is InChI=1S/C20H17BrFNO2/c1-13-4-3-5-14(2)19(13)23-11-10-17(18(21)20(23)24)25-12-15-6-8-16(22)9-7-15/h3-11H,12H2,1-2H3. The summed E-state index contributed by atoms with van der Waals surface area (Å²) in [5, 5.41) is 0. The molecule has 5 heteroatoms. The molecule has 2 aromatic carbocycles. The number of nitrogens with zero attached hydrogens (tertiary/aromatic N) is 1. The second kappa shape index (κ2) is 7.23. The topological polar surface area (TPSA) is 31.2 Å². The first kappa shape index (κ1) is 17.4. The molecule has 1 heterocycles. The fraction of sp³-hybridized carbons (Fsp3) is 0.150. The van der Waals surface area contributed by atoms with Crippen LogP contribution in [0.15, 0.2) is 64.0 Å². The molecular formula is C20H17BrFNO2. The highest BCUT2D eigenvalue weighted by Crippen LogP contribution is 2.24. The number of benzene rings is 2. The summed E-state index contributed by atoms with van der Waals surface area (Å²) in [6.45, 7) is 4.20. The lowest BCUT2D eigenvalue weighted by Gasteiger charge is -2.15. The minimum absolute atomic E-state index is 0.186. The van der Waals surface area contributed by atoms with E-state index in [0.29, 0.717) is 10.2 Å². The fourth-order valence-corrected chi connectivity index (χ4v) is 3.15. The van der Waals surface area contributed by atoms with Crippen LogP contribution in [0, 0.1) is 19.7 Å². The van der Waals surface area contributed by atoms with Crippen LogP contribution in [0.25, 0.3) is 5.69 Å². The van der Waals surface area contributed by atoms with Gasteiger partial charge in [0.05, 0.1) is 5.69 Å². The monoisotopic (exact) mass is 401 g/mol. The Morgan fingerprint density at radius 3 is 2.32 bits per heavy atom. The van der Waals surface area contributed by atoms with Crippen molar-refractivity contribution in [2.45, 2.75) is 20.5 Å². The third-order valence-corrected chi connectivity index (χ3v) is 4.72. The zero-order valence-electron chi connectivity index (χ0n) is 13.9. The predicted molar refractivity (Wildman–Crippen MR) is 99.9 cm³/mol. The van der Waals surface area contributed by atoms with E-state index in [1.54, 1.807) is 29.0 Å². The molecule has 0 unspecified atom stereocenters. The fourth-order valence-electron chi connectivity index (χ4n) is 2.71. The normalized spacial score (nSPS) is 10.7. The van der Waals surface area contributed by atoms with Gasteiger partial charge in [0.1, 0.15) is 22.6 Å². The smallest absolute Gasteiger partial charge is 0.273 e. The molecule has 128 valence electrons. The van der Waals surface area contributed by atoms with Crippen LogP contribution in [-0.2, 0) is 6.61 Å². The van der Waals surface area contributed by atoms with Gasteiger partial charge in [0.15, 0.2) is 0 Å². The molecule has 0 bridgehead atoms. The molecule has 0 aliphatic heterocycles. The highest BCUT2D eigenvalue weighted by molar-refractivity contribution is 9.10. The van der Waals surface area contributed by atoms with Gasteiger partial charge in [-0.2, -0.15) is 0 Å². The van der Waals surface area contributed by atoms with Gasteiger partial charge in [0, 0.05) is 6.20 Å². The van der Waals surface area contributed by atoms with E-state index in [9.17, 15) is 9.18 Å². The molecule has 3 rings (SSSR count). The van der Waals surface area contributed by atoms with Gasteiger partial charge in [-0.3, -0.25) is 9.36 Å². The van der Waals surface area contributed by atoms with Crippen molar-refractivity contribution >= 4 is 15.9 Å². The Bertz CT molecular complexity index is 944. The minimum Gasteiger partial charge on any atom is -0.487 e. The first-order chi connectivity index (χ1) is 12.0. The zero-order chi connectivity index (χ0) is 18.0. The van der Waals surface area contributed by atoms with Gasteiger partial charge >= 0.3 is 0 Å². The molecule has 25 heavy (non-hydrogen) atoms. The summed E-state index contributed by atoms with van der Waals surface area (Å²) < 4.78 is 20.6. The van der Waals surface area contributed by atoms with Crippen molar-refractivity contribution in [2.75, 3.05) is 0 Å². The number of aryl methyl sites for hydroxylation is 2. The first-order valence-corrected chi connectivity index (χ1v) is 8.61. The van der Waals surface area contributed by atoms with E-state index in [-0.39, 0.29) is 18.0 Å². The largest absolute Gasteiger partial charge is 0.487 e. The van der Waals surface area contributed by atoms with Gasteiger partial charge < -0.3 is 4.74 Å². The lowest BCUT2D eigenvalue weighted by molar-refractivity contribution is 0.303. The van der Waals surface area contributed by atoms with Gasteiger partial charge in [0.25, 0.3) is 5.56 Å². The Labute approximate surface area is 153 Å². The number of pyridine rings is 1. The van der Waals surface area contributed by atoms with Crippen LogP contribution in [-0.4, -0.2) is 4.57 Å². The van der Waals surface area contributed by atoms with E-state index in [2.05, 4.69) is 15.9 Å². The second-order valence-electron chi connectivity index (χ2n) is 5.82. The third-order valence-electron chi connectivity index (χ3n) is 3.99. The predicted octanol–water partition coefficient (Wildman–Crippen LogP) is 4.93. The Morgan fingerprint density at radius 1 is 1.04 bits per heavy atom. The molecule has 3 aromatic rings. The molecule has 0 spiro atoms. The van der Waals surface area contributed by atoms with E-state index >= 15 is 0 Å². The van der Waals surface area contributed by atoms with Crippen molar-refractivity contribution in [2.24, 2.45) is 0 Å². The molecule has 0 saturated carbocycles. The third kappa shape index (κ3) is 3.66. The number of halogens is 2. The molecule has 0 atom stereocenters. The first-order valence-electron chi connectivity index (χ1n) is 7.82. The van der Waals surface area contributed by atoms with Crippen LogP contribution in [0.5, 0.6) is 5.75 Å². The summed E-state index contributed by atoms with van der Waals surface area (Å²) in [7, 11) is 0. The number of para-hydroxylation sites is 1. The van der Waals surface area contributed by atoms with Crippen LogP contribution in [0.2, 0.25) is 0 Å². The number of hydrogen-bond donors (Lipinski definition) is 0. The summed E-state index contributed by atoms with van der Waals surface area (Å²) in [4.78, 5) is 12.7. The molecular weight excluding hydrogens is 385 g/mol. The van der Waals surface area contributed by atoms with Gasteiger partial charge in [-0.1, -0.05) is 30.3 Å². The number of hydrogen-bond acceptors (Lipinski definition) is 2. The summed E-state index contributed by atoms with van der Waals surface area (Å²) in [5.41, 5.74) is 3.56. The van der Waals surface area contributed by atoms with Crippen molar-refractivity contribution in [1.82, 2.24) is 4.57 Å². The summed E-state index contributed by atoms with van der Waals surface area (Å²) in [6, 6.07) is 13.7. The van der Waals surface area contributed by atoms with Crippen LogP contribution in [0.4, 0.5) is 4.39 Å². The highest BCUT2D eigenvalue weighted by Gasteiger charge is 2.13. The Kier molecular flexibility index (Phi) is 5.04. The Balaban J connectivity index is 1.90. The average Bonchev–Trinajstić information content (AvgIpc) is 2.59. The Morgan fingerprint density at radius 2 is 1.68 bits per heavy atom. The van der Waals surface area contributed by atoms with Gasteiger partial charge in [0.2, 0.25) is 0 Å². The summed E-state index contributed by atoms with van der Waals surface area (Å²) >= 11 is 3.34. The molecule has 0 radical (unpaired) electrons. The highest BCUT2D eigenvalue weighted by atomic mass is 79.9. The molecule has 3 nitrogen and oxygen atoms in total. The molecule has 0 aliphatic carbocycles. The van der Waals surface area contributed by atoms with E-state index < -0.39 is 0 Å². The maximum atomic E-state index is 12.9.